The third kappa shape index (κ3) is 4.07. The van der Waals surface area contributed by atoms with E-state index in [9.17, 15) is 0 Å². The Morgan fingerprint density at radius 1 is 1.24 bits per heavy atom. The van der Waals surface area contributed by atoms with E-state index in [0.29, 0.717) is 18.7 Å². The van der Waals surface area contributed by atoms with Crippen LogP contribution in [0.1, 0.15) is 22.3 Å². The van der Waals surface area contributed by atoms with Gasteiger partial charge in [-0.3, -0.25) is 0 Å². The van der Waals surface area contributed by atoms with E-state index in [1.54, 1.807) is 0 Å². The largest absolute Gasteiger partial charge is 0.488 e. The molecule has 0 radical (unpaired) electrons. The predicted octanol–water partition coefficient (Wildman–Crippen LogP) is 3.71. The number of hydrogen-bond donors (Lipinski definition) is 1. The fourth-order valence-corrected chi connectivity index (χ4v) is 2.61. The number of aryl methyl sites for hydroxylation is 1. The first kappa shape index (κ1) is 15.6. The molecule has 0 aliphatic rings. The lowest BCUT2D eigenvalue weighted by Crippen LogP contribution is -2.03. The number of nitrogens with zero attached hydrogens (tertiary/aromatic N) is 1. The van der Waals surface area contributed by atoms with Crippen LogP contribution in [0.2, 0.25) is 0 Å². The normalized spacial score (nSPS) is 10.2. The lowest BCUT2D eigenvalue weighted by Gasteiger charge is -2.11. The Morgan fingerprint density at radius 2 is 2.05 bits per heavy atom. The monoisotopic (exact) mass is 344 g/mol. The van der Waals surface area contributed by atoms with Gasteiger partial charge >= 0.3 is 0 Å². The van der Waals surface area contributed by atoms with Gasteiger partial charge in [-0.15, -0.1) is 0 Å². The van der Waals surface area contributed by atoms with Gasteiger partial charge in [0.2, 0.25) is 0 Å². The molecule has 0 bridgehead atoms. The summed E-state index contributed by atoms with van der Waals surface area (Å²) in [6, 6.07) is 13.8. The van der Waals surface area contributed by atoms with Crippen molar-refractivity contribution in [2.75, 3.05) is 6.54 Å². The van der Waals surface area contributed by atoms with Crippen LogP contribution in [0.25, 0.3) is 0 Å². The van der Waals surface area contributed by atoms with Gasteiger partial charge in [0.1, 0.15) is 12.4 Å². The molecule has 0 saturated carbocycles. The van der Waals surface area contributed by atoms with E-state index in [2.05, 4.69) is 22.0 Å². The molecule has 0 heterocycles. The standard InChI is InChI=1S/C17H17BrN2O/c1-12-8-14(10-20)2-4-15(12)11-21-17-5-3-13(6-7-19)9-16(17)18/h2-5,8-9H,6-7,11,19H2,1H3. The van der Waals surface area contributed by atoms with Gasteiger partial charge in [0.15, 0.2) is 0 Å². The van der Waals surface area contributed by atoms with Crippen LogP contribution in [0, 0.1) is 18.3 Å². The highest BCUT2D eigenvalue weighted by Gasteiger charge is 2.05. The fraction of sp³-hybridized carbons (Fsp3) is 0.235. The Labute approximate surface area is 133 Å². The van der Waals surface area contributed by atoms with E-state index in [0.717, 1.165) is 27.8 Å². The van der Waals surface area contributed by atoms with Crippen molar-refractivity contribution >= 4 is 15.9 Å². The number of benzene rings is 2. The molecule has 21 heavy (non-hydrogen) atoms. The zero-order valence-corrected chi connectivity index (χ0v) is 13.5. The summed E-state index contributed by atoms with van der Waals surface area (Å²) >= 11 is 3.52. The first-order chi connectivity index (χ1) is 10.1. The molecule has 0 aliphatic carbocycles. The maximum Gasteiger partial charge on any atom is 0.134 e. The minimum absolute atomic E-state index is 0.479. The molecule has 0 spiro atoms. The summed E-state index contributed by atoms with van der Waals surface area (Å²) in [4.78, 5) is 0. The molecule has 2 aromatic carbocycles. The zero-order chi connectivity index (χ0) is 15.2. The summed E-state index contributed by atoms with van der Waals surface area (Å²) in [6.45, 7) is 3.10. The highest BCUT2D eigenvalue weighted by molar-refractivity contribution is 9.10. The second-order valence-electron chi connectivity index (χ2n) is 4.85. The van der Waals surface area contributed by atoms with Crippen molar-refractivity contribution in [3.8, 4) is 11.8 Å². The second kappa shape index (κ2) is 7.26. The van der Waals surface area contributed by atoms with Gasteiger partial charge in [0.25, 0.3) is 0 Å². The van der Waals surface area contributed by atoms with E-state index in [4.69, 9.17) is 15.7 Å². The average molecular weight is 345 g/mol. The number of hydrogen-bond acceptors (Lipinski definition) is 3. The first-order valence-electron chi connectivity index (χ1n) is 6.75. The molecule has 0 amide bonds. The molecule has 2 rings (SSSR count). The third-order valence-corrected chi connectivity index (χ3v) is 3.90. The minimum atomic E-state index is 0.479. The SMILES string of the molecule is Cc1cc(C#N)ccc1COc1ccc(CCN)cc1Br. The summed E-state index contributed by atoms with van der Waals surface area (Å²) < 4.78 is 6.78. The van der Waals surface area contributed by atoms with Gasteiger partial charge in [0, 0.05) is 0 Å². The van der Waals surface area contributed by atoms with Gasteiger partial charge in [-0.2, -0.15) is 5.26 Å². The molecule has 4 heteroatoms. The van der Waals surface area contributed by atoms with Gasteiger partial charge < -0.3 is 10.5 Å². The Hall–Kier alpha value is -1.83. The number of nitriles is 1. The smallest absolute Gasteiger partial charge is 0.134 e. The summed E-state index contributed by atoms with van der Waals surface area (Å²) in [5.41, 5.74) is 9.55. The maximum atomic E-state index is 8.87. The average Bonchev–Trinajstić information content (AvgIpc) is 2.48. The Kier molecular flexibility index (Phi) is 5.38. The molecule has 0 atom stereocenters. The van der Waals surface area contributed by atoms with Gasteiger partial charge in [-0.05, 0) is 76.8 Å². The number of nitrogens with two attached hydrogens (primary N) is 1. The Morgan fingerprint density at radius 3 is 2.67 bits per heavy atom. The van der Waals surface area contributed by atoms with Crippen LogP contribution in [-0.4, -0.2) is 6.54 Å². The number of rotatable bonds is 5. The molecule has 3 nitrogen and oxygen atoms in total. The van der Waals surface area contributed by atoms with Crippen LogP contribution in [0.4, 0.5) is 0 Å². The zero-order valence-electron chi connectivity index (χ0n) is 11.9. The molecule has 0 aliphatic heterocycles. The molecule has 0 saturated heterocycles. The summed E-state index contributed by atoms with van der Waals surface area (Å²) in [6.07, 6.45) is 0.855. The summed E-state index contributed by atoms with van der Waals surface area (Å²) in [7, 11) is 0. The fourth-order valence-electron chi connectivity index (χ4n) is 2.07. The number of ether oxygens (including phenoxy) is 1. The Balaban J connectivity index is 2.08. The van der Waals surface area contributed by atoms with E-state index in [-0.39, 0.29) is 0 Å². The lowest BCUT2D eigenvalue weighted by atomic mass is 10.1. The third-order valence-electron chi connectivity index (χ3n) is 3.28. The van der Waals surface area contributed by atoms with Gasteiger partial charge in [-0.25, -0.2) is 0 Å². The van der Waals surface area contributed by atoms with Crippen LogP contribution in [0.3, 0.4) is 0 Å². The first-order valence-corrected chi connectivity index (χ1v) is 7.54. The molecule has 2 N–H and O–H groups in total. The van der Waals surface area contributed by atoms with Gasteiger partial charge in [-0.1, -0.05) is 12.1 Å². The molecule has 0 fully saturated rings. The summed E-state index contributed by atoms with van der Waals surface area (Å²) in [5.74, 6) is 0.805. The van der Waals surface area contributed by atoms with Crippen molar-refractivity contribution in [1.82, 2.24) is 0 Å². The van der Waals surface area contributed by atoms with Crippen molar-refractivity contribution in [3.05, 3.63) is 63.1 Å². The van der Waals surface area contributed by atoms with E-state index in [1.165, 1.54) is 5.56 Å². The summed E-state index contributed by atoms with van der Waals surface area (Å²) in [5, 5.41) is 8.87. The van der Waals surface area contributed by atoms with Crippen molar-refractivity contribution in [3.63, 3.8) is 0 Å². The maximum absolute atomic E-state index is 8.87. The molecule has 108 valence electrons. The van der Waals surface area contributed by atoms with Crippen molar-refractivity contribution in [2.45, 2.75) is 20.0 Å². The molecule has 0 unspecified atom stereocenters. The second-order valence-corrected chi connectivity index (χ2v) is 5.70. The van der Waals surface area contributed by atoms with Crippen LogP contribution in [-0.2, 0) is 13.0 Å². The predicted molar refractivity (Wildman–Crippen MR) is 87.1 cm³/mol. The highest BCUT2D eigenvalue weighted by Crippen LogP contribution is 2.27. The van der Waals surface area contributed by atoms with Crippen LogP contribution in [0.5, 0.6) is 5.75 Å². The van der Waals surface area contributed by atoms with Crippen molar-refractivity contribution in [2.24, 2.45) is 5.73 Å². The molecular formula is C17H17BrN2O. The minimum Gasteiger partial charge on any atom is -0.488 e. The Bertz CT molecular complexity index is 677. The molecular weight excluding hydrogens is 328 g/mol. The lowest BCUT2D eigenvalue weighted by molar-refractivity contribution is 0.303. The molecule has 2 aromatic rings. The van der Waals surface area contributed by atoms with Gasteiger partial charge in [0.05, 0.1) is 16.1 Å². The van der Waals surface area contributed by atoms with Crippen LogP contribution < -0.4 is 10.5 Å². The van der Waals surface area contributed by atoms with Crippen LogP contribution in [0.15, 0.2) is 40.9 Å². The highest BCUT2D eigenvalue weighted by atomic mass is 79.9. The number of halogens is 1. The van der Waals surface area contributed by atoms with Crippen LogP contribution >= 0.6 is 15.9 Å². The molecule has 0 aromatic heterocycles. The van der Waals surface area contributed by atoms with E-state index < -0.39 is 0 Å². The quantitative estimate of drug-likeness (QED) is 0.899. The van der Waals surface area contributed by atoms with E-state index in [1.807, 2.05) is 43.3 Å². The van der Waals surface area contributed by atoms with Crippen molar-refractivity contribution in [1.29, 1.82) is 5.26 Å². The van der Waals surface area contributed by atoms with E-state index >= 15 is 0 Å². The van der Waals surface area contributed by atoms with Crippen molar-refractivity contribution < 1.29 is 4.74 Å². The topological polar surface area (TPSA) is 59.0 Å².